The van der Waals surface area contributed by atoms with E-state index in [2.05, 4.69) is 22.0 Å². The Bertz CT molecular complexity index is 1110. The molecule has 174 valence electrons. The number of hydrogen-bond acceptors (Lipinski definition) is 4. The van der Waals surface area contributed by atoms with Crippen LogP contribution in [-0.2, 0) is 12.7 Å². The van der Waals surface area contributed by atoms with E-state index in [1.807, 2.05) is 12.1 Å². The van der Waals surface area contributed by atoms with Crippen LogP contribution in [0.4, 0.5) is 23.4 Å². The van der Waals surface area contributed by atoms with Gasteiger partial charge in [-0.1, -0.05) is 36.4 Å². The monoisotopic (exact) mass is 459 g/mol. The number of anilines is 1. The van der Waals surface area contributed by atoms with E-state index in [9.17, 15) is 17.6 Å². The lowest BCUT2D eigenvalue weighted by molar-refractivity contribution is -0.141. The van der Waals surface area contributed by atoms with Crippen molar-refractivity contribution in [3.05, 3.63) is 77.2 Å². The Balaban J connectivity index is 1.55. The molecule has 0 amide bonds. The van der Waals surface area contributed by atoms with E-state index in [0.29, 0.717) is 0 Å². The van der Waals surface area contributed by atoms with Gasteiger partial charge in [0.25, 0.3) is 0 Å². The highest BCUT2D eigenvalue weighted by Crippen LogP contribution is 2.38. The molecule has 1 atom stereocenters. The first kappa shape index (κ1) is 23.0. The Morgan fingerprint density at radius 2 is 1.76 bits per heavy atom. The Kier molecular flexibility index (Phi) is 6.56. The van der Waals surface area contributed by atoms with Gasteiger partial charge < -0.3 is 10.5 Å². The summed E-state index contributed by atoms with van der Waals surface area (Å²) in [4.78, 5) is 6.56. The predicted octanol–water partition coefficient (Wildman–Crippen LogP) is 6.22. The zero-order chi connectivity index (χ0) is 23.6. The van der Waals surface area contributed by atoms with Crippen LogP contribution < -0.4 is 10.5 Å². The highest BCUT2D eigenvalue weighted by molar-refractivity contribution is 5.67. The molecule has 8 heteroatoms. The van der Waals surface area contributed by atoms with Crippen LogP contribution in [0, 0.1) is 5.82 Å². The molecular weight excluding hydrogens is 434 g/mol. The number of pyridine rings is 1. The molecule has 2 N–H and O–H groups in total. The quantitative estimate of drug-likeness (QED) is 0.445. The standard InChI is InChI=1S/C25H25F4N3O/c1-16(20-5-4-6-21(26)23(20)25(27,28)29)33-22-13-19(14-31-24(22)30)18-9-7-17(8-10-18)15-32-11-2-3-12-32/h4-10,13-14,16H,2-3,11-12,15H2,1H3,(H2,30,31)/t16-/m0/s1. The van der Waals surface area contributed by atoms with Crippen molar-refractivity contribution in [2.75, 3.05) is 18.8 Å². The minimum Gasteiger partial charge on any atom is -0.482 e. The molecule has 1 fully saturated rings. The molecule has 3 aromatic rings. The number of rotatable bonds is 6. The Labute approximate surface area is 190 Å². The molecule has 1 aliphatic rings. The fraction of sp³-hybridized carbons (Fsp3) is 0.320. The molecule has 0 bridgehead atoms. The van der Waals surface area contributed by atoms with Gasteiger partial charge in [0.15, 0.2) is 11.6 Å². The minimum absolute atomic E-state index is 0.0428. The van der Waals surface area contributed by atoms with E-state index in [1.165, 1.54) is 37.5 Å². The van der Waals surface area contributed by atoms with Gasteiger partial charge in [-0.25, -0.2) is 9.37 Å². The SMILES string of the molecule is C[C@H](Oc1cc(-c2ccc(CN3CCCC3)cc2)cnc1N)c1cccc(F)c1C(F)(F)F. The summed E-state index contributed by atoms with van der Waals surface area (Å²) in [6.07, 6.45) is -1.89. The number of halogens is 4. The van der Waals surface area contributed by atoms with Crippen LogP contribution in [0.2, 0.25) is 0 Å². The van der Waals surface area contributed by atoms with Crippen molar-refractivity contribution < 1.29 is 22.3 Å². The first-order valence-electron chi connectivity index (χ1n) is 10.8. The van der Waals surface area contributed by atoms with Crippen LogP contribution in [0.3, 0.4) is 0 Å². The predicted molar refractivity (Wildman–Crippen MR) is 119 cm³/mol. The fourth-order valence-electron chi connectivity index (χ4n) is 4.14. The number of nitrogen functional groups attached to an aromatic ring is 1. The minimum atomic E-state index is -4.85. The summed E-state index contributed by atoms with van der Waals surface area (Å²) in [5, 5.41) is 0. The largest absolute Gasteiger partial charge is 0.482 e. The van der Waals surface area contributed by atoms with Crippen molar-refractivity contribution >= 4 is 5.82 Å². The number of benzene rings is 2. The molecule has 0 aliphatic carbocycles. The third-order valence-electron chi connectivity index (χ3n) is 5.84. The van der Waals surface area contributed by atoms with E-state index in [4.69, 9.17) is 10.5 Å². The number of aromatic nitrogens is 1. The molecule has 2 aromatic carbocycles. The van der Waals surface area contributed by atoms with Crippen LogP contribution in [0.15, 0.2) is 54.7 Å². The number of likely N-dealkylation sites (tertiary alicyclic amines) is 1. The van der Waals surface area contributed by atoms with Crippen LogP contribution in [0.5, 0.6) is 5.75 Å². The lowest BCUT2D eigenvalue weighted by Crippen LogP contribution is -2.18. The Morgan fingerprint density at radius 3 is 2.42 bits per heavy atom. The van der Waals surface area contributed by atoms with Crippen molar-refractivity contribution in [2.45, 2.75) is 38.6 Å². The first-order chi connectivity index (χ1) is 15.7. The second-order valence-electron chi connectivity index (χ2n) is 8.25. The van der Waals surface area contributed by atoms with Gasteiger partial charge in [-0.3, -0.25) is 4.90 Å². The van der Waals surface area contributed by atoms with Gasteiger partial charge in [0.2, 0.25) is 0 Å². The number of nitrogens with two attached hydrogens (primary N) is 1. The number of nitrogens with zero attached hydrogens (tertiary/aromatic N) is 2. The van der Waals surface area contributed by atoms with Crippen molar-refractivity contribution in [1.82, 2.24) is 9.88 Å². The maximum Gasteiger partial charge on any atom is 0.419 e. The molecule has 2 heterocycles. The maximum atomic E-state index is 14.0. The maximum absolute atomic E-state index is 14.0. The first-order valence-corrected chi connectivity index (χ1v) is 10.8. The van der Waals surface area contributed by atoms with Crippen molar-refractivity contribution in [1.29, 1.82) is 0 Å². The van der Waals surface area contributed by atoms with Gasteiger partial charge in [-0.15, -0.1) is 0 Å². The Morgan fingerprint density at radius 1 is 1.06 bits per heavy atom. The van der Waals surface area contributed by atoms with Crippen LogP contribution >= 0.6 is 0 Å². The zero-order valence-electron chi connectivity index (χ0n) is 18.2. The third kappa shape index (κ3) is 5.27. The van der Waals surface area contributed by atoms with Crippen molar-refractivity contribution in [2.24, 2.45) is 0 Å². The smallest absolute Gasteiger partial charge is 0.419 e. The second-order valence-corrected chi connectivity index (χ2v) is 8.25. The van der Waals surface area contributed by atoms with Gasteiger partial charge >= 0.3 is 6.18 Å². The number of alkyl halides is 3. The second kappa shape index (κ2) is 9.39. The average molecular weight is 459 g/mol. The van der Waals surface area contributed by atoms with Crippen LogP contribution in [0.25, 0.3) is 11.1 Å². The number of hydrogen-bond donors (Lipinski definition) is 1. The molecular formula is C25H25F4N3O. The van der Waals surface area contributed by atoms with Crippen LogP contribution in [0.1, 0.15) is 42.6 Å². The molecule has 0 saturated carbocycles. The lowest BCUT2D eigenvalue weighted by atomic mass is 10.0. The van der Waals surface area contributed by atoms with Gasteiger partial charge in [0.05, 0.1) is 5.56 Å². The van der Waals surface area contributed by atoms with E-state index in [0.717, 1.165) is 36.8 Å². The lowest BCUT2D eigenvalue weighted by Gasteiger charge is -2.21. The highest BCUT2D eigenvalue weighted by Gasteiger charge is 2.38. The Hall–Kier alpha value is -3.13. The van der Waals surface area contributed by atoms with Gasteiger partial charge in [0, 0.05) is 23.9 Å². The highest BCUT2D eigenvalue weighted by atomic mass is 19.4. The van der Waals surface area contributed by atoms with E-state index < -0.39 is 23.7 Å². The molecule has 1 aliphatic heterocycles. The van der Waals surface area contributed by atoms with E-state index >= 15 is 0 Å². The topological polar surface area (TPSA) is 51.4 Å². The van der Waals surface area contributed by atoms with Gasteiger partial charge in [-0.05, 0) is 56.1 Å². The summed E-state index contributed by atoms with van der Waals surface area (Å²) >= 11 is 0. The summed E-state index contributed by atoms with van der Waals surface area (Å²) in [5.41, 5.74) is 7.09. The molecule has 4 nitrogen and oxygen atoms in total. The summed E-state index contributed by atoms with van der Waals surface area (Å²) in [6, 6.07) is 12.9. The third-order valence-corrected chi connectivity index (χ3v) is 5.84. The summed E-state index contributed by atoms with van der Waals surface area (Å²) in [7, 11) is 0. The number of ether oxygens (including phenoxy) is 1. The zero-order valence-corrected chi connectivity index (χ0v) is 18.2. The van der Waals surface area contributed by atoms with E-state index in [1.54, 1.807) is 12.3 Å². The normalized spacial score (nSPS) is 15.5. The molecule has 1 saturated heterocycles. The molecule has 1 aromatic heterocycles. The summed E-state index contributed by atoms with van der Waals surface area (Å²) < 4.78 is 59.9. The molecule has 0 spiro atoms. The van der Waals surface area contributed by atoms with Crippen molar-refractivity contribution in [3.8, 4) is 16.9 Å². The summed E-state index contributed by atoms with van der Waals surface area (Å²) in [5.74, 6) is -1.16. The van der Waals surface area contributed by atoms with Crippen molar-refractivity contribution in [3.63, 3.8) is 0 Å². The van der Waals surface area contributed by atoms with E-state index in [-0.39, 0.29) is 17.1 Å². The van der Waals surface area contributed by atoms with Gasteiger partial charge in [-0.2, -0.15) is 13.2 Å². The molecule has 33 heavy (non-hydrogen) atoms. The fourth-order valence-corrected chi connectivity index (χ4v) is 4.14. The molecule has 0 unspecified atom stereocenters. The average Bonchev–Trinajstić information content (AvgIpc) is 3.28. The molecule has 4 rings (SSSR count). The summed E-state index contributed by atoms with van der Waals surface area (Å²) in [6.45, 7) is 4.55. The molecule has 0 radical (unpaired) electrons. The van der Waals surface area contributed by atoms with Crippen LogP contribution in [-0.4, -0.2) is 23.0 Å². The van der Waals surface area contributed by atoms with Gasteiger partial charge in [0.1, 0.15) is 11.9 Å².